The summed E-state index contributed by atoms with van der Waals surface area (Å²) in [6.45, 7) is 1.74. The molecule has 3 rings (SSSR count). The van der Waals surface area contributed by atoms with Crippen LogP contribution in [0.15, 0.2) is 36.8 Å². The molecule has 0 bridgehead atoms. The molecule has 100 valence electrons. The van der Waals surface area contributed by atoms with Gasteiger partial charge in [-0.3, -0.25) is 9.89 Å². The fraction of sp³-hybridized carbons (Fsp3) is 0.0769. The minimum absolute atomic E-state index is 0.125. The molecule has 0 aliphatic heterocycles. The monoisotopic (exact) mass is 268 g/mol. The van der Waals surface area contributed by atoms with E-state index in [4.69, 9.17) is 0 Å². The second-order valence-corrected chi connectivity index (χ2v) is 4.24. The van der Waals surface area contributed by atoms with Crippen molar-refractivity contribution in [2.24, 2.45) is 0 Å². The normalized spacial score (nSPS) is 10.4. The quantitative estimate of drug-likeness (QED) is 0.673. The van der Waals surface area contributed by atoms with Crippen LogP contribution in [0.5, 0.6) is 0 Å². The standard InChI is InChI=1S/C13H12N6O/c1-8-16-12(19-18-8)13(20)17-10-4-2-9(3-5-10)11-6-14-7-15-11/h2-7H,1H3,(H,14,15)(H,17,20)(H,16,18,19). The number of aromatic nitrogens is 5. The molecule has 20 heavy (non-hydrogen) atoms. The molecule has 1 aromatic carbocycles. The fourth-order valence-electron chi connectivity index (χ4n) is 1.78. The molecule has 0 saturated carbocycles. The van der Waals surface area contributed by atoms with Gasteiger partial charge in [0.15, 0.2) is 0 Å². The molecule has 1 amide bonds. The molecule has 0 spiro atoms. The molecule has 2 aromatic heterocycles. The predicted molar refractivity (Wildman–Crippen MR) is 73.1 cm³/mol. The molecule has 0 saturated heterocycles. The molecular formula is C13H12N6O. The van der Waals surface area contributed by atoms with Gasteiger partial charge >= 0.3 is 0 Å². The highest BCUT2D eigenvalue weighted by molar-refractivity contribution is 6.01. The molecule has 0 fully saturated rings. The number of imidazole rings is 1. The first-order valence-corrected chi connectivity index (χ1v) is 6.01. The molecule has 0 atom stereocenters. The number of H-pyrrole nitrogens is 2. The zero-order chi connectivity index (χ0) is 13.9. The molecule has 7 heteroatoms. The second-order valence-electron chi connectivity index (χ2n) is 4.24. The van der Waals surface area contributed by atoms with Crippen LogP contribution >= 0.6 is 0 Å². The Hall–Kier alpha value is -2.96. The van der Waals surface area contributed by atoms with Crippen LogP contribution in [0.1, 0.15) is 16.4 Å². The molecule has 3 aromatic rings. The van der Waals surface area contributed by atoms with Crippen LogP contribution in [-0.2, 0) is 0 Å². The number of carbonyl (C=O) groups is 1. The van der Waals surface area contributed by atoms with Gasteiger partial charge in [0.1, 0.15) is 5.82 Å². The third-order valence-corrected chi connectivity index (χ3v) is 2.75. The van der Waals surface area contributed by atoms with Gasteiger partial charge in [0.2, 0.25) is 5.82 Å². The van der Waals surface area contributed by atoms with Gasteiger partial charge in [0.05, 0.1) is 18.2 Å². The lowest BCUT2D eigenvalue weighted by Crippen LogP contribution is -2.13. The van der Waals surface area contributed by atoms with Crippen molar-refractivity contribution >= 4 is 11.6 Å². The first-order chi connectivity index (χ1) is 9.72. The Balaban J connectivity index is 1.74. The van der Waals surface area contributed by atoms with E-state index in [1.54, 1.807) is 19.4 Å². The number of anilines is 1. The van der Waals surface area contributed by atoms with Gasteiger partial charge in [0, 0.05) is 5.69 Å². The van der Waals surface area contributed by atoms with Crippen molar-refractivity contribution in [2.75, 3.05) is 5.32 Å². The first kappa shape index (κ1) is 12.1. The number of nitrogens with one attached hydrogen (secondary N) is 3. The lowest BCUT2D eigenvalue weighted by atomic mass is 10.1. The van der Waals surface area contributed by atoms with Crippen molar-refractivity contribution in [3.05, 3.63) is 48.4 Å². The minimum Gasteiger partial charge on any atom is -0.345 e. The number of benzene rings is 1. The Morgan fingerprint density at radius 3 is 2.65 bits per heavy atom. The topological polar surface area (TPSA) is 99.3 Å². The van der Waals surface area contributed by atoms with E-state index < -0.39 is 0 Å². The number of nitrogens with zero attached hydrogens (tertiary/aromatic N) is 3. The van der Waals surface area contributed by atoms with E-state index in [2.05, 4.69) is 30.5 Å². The SMILES string of the molecule is Cc1nc(C(=O)Nc2ccc(-c3cnc[nH]3)cc2)n[nH]1. The summed E-state index contributed by atoms with van der Waals surface area (Å²) < 4.78 is 0. The van der Waals surface area contributed by atoms with Crippen molar-refractivity contribution in [1.82, 2.24) is 25.1 Å². The summed E-state index contributed by atoms with van der Waals surface area (Å²) in [4.78, 5) is 22.8. The van der Waals surface area contributed by atoms with Gasteiger partial charge < -0.3 is 10.3 Å². The third-order valence-electron chi connectivity index (χ3n) is 2.75. The summed E-state index contributed by atoms with van der Waals surface area (Å²) in [5.41, 5.74) is 2.60. The zero-order valence-electron chi connectivity index (χ0n) is 10.7. The van der Waals surface area contributed by atoms with Crippen molar-refractivity contribution < 1.29 is 4.79 Å². The van der Waals surface area contributed by atoms with E-state index in [0.717, 1.165) is 11.3 Å². The van der Waals surface area contributed by atoms with Crippen molar-refractivity contribution in [2.45, 2.75) is 6.92 Å². The summed E-state index contributed by atoms with van der Waals surface area (Å²) in [6, 6.07) is 7.42. The summed E-state index contributed by atoms with van der Waals surface area (Å²) in [6.07, 6.45) is 3.36. The smallest absolute Gasteiger partial charge is 0.295 e. The lowest BCUT2D eigenvalue weighted by Gasteiger charge is -2.03. The average molecular weight is 268 g/mol. The first-order valence-electron chi connectivity index (χ1n) is 6.01. The van der Waals surface area contributed by atoms with E-state index >= 15 is 0 Å². The van der Waals surface area contributed by atoms with Gasteiger partial charge in [-0.1, -0.05) is 12.1 Å². The van der Waals surface area contributed by atoms with Gasteiger partial charge in [-0.05, 0) is 24.6 Å². The van der Waals surface area contributed by atoms with Crippen LogP contribution in [0.25, 0.3) is 11.3 Å². The maximum absolute atomic E-state index is 11.9. The number of carbonyl (C=O) groups excluding carboxylic acids is 1. The molecule has 3 N–H and O–H groups in total. The Labute approximate surface area is 114 Å². The molecular weight excluding hydrogens is 256 g/mol. The number of aryl methyl sites for hydroxylation is 1. The number of rotatable bonds is 3. The van der Waals surface area contributed by atoms with E-state index in [-0.39, 0.29) is 11.7 Å². The Kier molecular flexibility index (Phi) is 3.00. The van der Waals surface area contributed by atoms with Crippen molar-refractivity contribution in [1.29, 1.82) is 0 Å². The van der Waals surface area contributed by atoms with E-state index in [0.29, 0.717) is 11.5 Å². The van der Waals surface area contributed by atoms with Crippen LogP contribution < -0.4 is 5.32 Å². The molecule has 7 nitrogen and oxygen atoms in total. The highest BCUT2D eigenvalue weighted by Crippen LogP contribution is 2.18. The number of hydrogen-bond donors (Lipinski definition) is 3. The Bertz CT molecular complexity index is 714. The summed E-state index contributed by atoms with van der Waals surface area (Å²) in [5.74, 6) is 0.383. The maximum atomic E-state index is 11.9. The van der Waals surface area contributed by atoms with Crippen LogP contribution in [0.4, 0.5) is 5.69 Å². The summed E-state index contributed by atoms with van der Waals surface area (Å²) in [7, 11) is 0. The van der Waals surface area contributed by atoms with Crippen LogP contribution in [0, 0.1) is 6.92 Å². The molecule has 0 aliphatic rings. The predicted octanol–water partition coefficient (Wildman–Crippen LogP) is 1.76. The molecule has 0 unspecified atom stereocenters. The zero-order valence-corrected chi connectivity index (χ0v) is 10.7. The molecule has 2 heterocycles. The number of aromatic amines is 2. The third kappa shape index (κ3) is 2.41. The highest BCUT2D eigenvalue weighted by atomic mass is 16.2. The highest BCUT2D eigenvalue weighted by Gasteiger charge is 2.11. The van der Waals surface area contributed by atoms with Crippen LogP contribution in [0.3, 0.4) is 0 Å². The maximum Gasteiger partial charge on any atom is 0.295 e. The van der Waals surface area contributed by atoms with E-state index in [1.165, 1.54) is 0 Å². The number of hydrogen-bond acceptors (Lipinski definition) is 4. The minimum atomic E-state index is -0.344. The average Bonchev–Trinajstić information content (AvgIpc) is 3.10. The lowest BCUT2D eigenvalue weighted by molar-refractivity contribution is 0.101. The fourth-order valence-corrected chi connectivity index (χ4v) is 1.78. The van der Waals surface area contributed by atoms with Crippen LogP contribution in [-0.4, -0.2) is 31.1 Å². The van der Waals surface area contributed by atoms with E-state index in [9.17, 15) is 4.79 Å². The van der Waals surface area contributed by atoms with Gasteiger partial charge in [-0.2, -0.15) is 0 Å². The van der Waals surface area contributed by atoms with E-state index in [1.807, 2.05) is 24.3 Å². The second kappa shape index (κ2) is 4.96. The Morgan fingerprint density at radius 2 is 2.05 bits per heavy atom. The Morgan fingerprint density at radius 1 is 1.25 bits per heavy atom. The van der Waals surface area contributed by atoms with Crippen molar-refractivity contribution in [3.8, 4) is 11.3 Å². The van der Waals surface area contributed by atoms with Gasteiger partial charge in [-0.15, -0.1) is 5.10 Å². The van der Waals surface area contributed by atoms with Crippen molar-refractivity contribution in [3.63, 3.8) is 0 Å². The largest absolute Gasteiger partial charge is 0.345 e. The summed E-state index contributed by atoms with van der Waals surface area (Å²) in [5, 5.41) is 9.17. The van der Waals surface area contributed by atoms with Gasteiger partial charge in [0.25, 0.3) is 5.91 Å². The number of amides is 1. The van der Waals surface area contributed by atoms with Gasteiger partial charge in [-0.25, -0.2) is 9.97 Å². The summed E-state index contributed by atoms with van der Waals surface area (Å²) >= 11 is 0. The molecule has 0 radical (unpaired) electrons. The molecule has 0 aliphatic carbocycles. The van der Waals surface area contributed by atoms with Crippen LogP contribution in [0.2, 0.25) is 0 Å².